The van der Waals surface area contributed by atoms with Crippen LogP contribution in [-0.4, -0.2) is 40.4 Å². The number of aromatic amines is 1. The largest absolute Gasteiger partial charge is 0.357 e. The van der Waals surface area contributed by atoms with E-state index >= 15 is 0 Å². The van der Waals surface area contributed by atoms with E-state index in [2.05, 4.69) is 69.6 Å². The number of piperidine rings is 1. The first-order valence-electron chi connectivity index (χ1n) is 11.5. The number of carbonyl (C=O) groups excluding carboxylic acids is 1. The first-order chi connectivity index (χ1) is 15.5. The van der Waals surface area contributed by atoms with Gasteiger partial charge in [-0.15, -0.1) is 0 Å². The molecule has 1 saturated heterocycles. The summed E-state index contributed by atoms with van der Waals surface area (Å²) in [4.78, 5) is 23.4. The molecule has 5 rings (SSSR count). The maximum absolute atomic E-state index is 12.8. The number of nitrogens with one attached hydrogen (secondary N) is 2. The van der Waals surface area contributed by atoms with Gasteiger partial charge < -0.3 is 10.3 Å². The lowest BCUT2D eigenvalue weighted by Crippen LogP contribution is -2.38. The van der Waals surface area contributed by atoms with Crippen LogP contribution in [0.3, 0.4) is 0 Å². The summed E-state index contributed by atoms with van der Waals surface area (Å²) < 4.78 is 0. The van der Waals surface area contributed by atoms with Gasteiger partial charge in [-0.1, -0.05) is 48.0 Å². The van der Waals surface area contributed by atoms with Crippen LogP contribution in [0.4, 0.5) is 0 Å². The van der Waals surface area contributed by atoms with Crippen molar-refractivity contribution in [3.8, 4) is 0 Å². The van der Waals surface area contributed by atoms with E-state index in [9.17, 15) is 4.79 Å². The summed E-state index contributed by atoms with van der Waals surface area (Å²) in [5.74, 6) is 0.443. The predicted octanol–water partition coefficient (Wildman–Crippen LogP) is 4.97. The minimum atomic E-state index is -0.0795. The molecule has 0 unspecified atom stereocenters. The van der Waals surface area contributed by atoms with E-state index in [4.69, 9.17) is 0 Å². The van der Waals surface area contributed by atoms with Crippen LogP contribution in [0.15, 0.2) is 54.6 Å². The molecule has 1 aliphatic rings. The van der Waals surface area contributed by atoms with Gasteiger partial charge in [0.1, 0.15) is 5.69 Å². The second kappa shape index (κ2) is 8.75. The number of H-pyrrole nitrogens is 1. The number of likely N-dealkylation sites (tertiary alicyclic amines) is 1. The molecule has 5 nitrogen and oxygen atoms in total. The van der Waals surface area contributed by atoms with Gasteiger partial charge in [0.2, 0.25) is 0 Å². The van der Waals surface area contributed by atoms with Gasteiger partial charge in [0.05, 0.1) is 11.0 Å². The maximum atomic E-state index is 12.8. The van der Waals surface area contributed by atoms with Gasteiger partial charge in [-0.3, -0.25) is 9.69 Å². The van der Waals surface area contributed by atoms with Gasteiger partial charge in [0, 0.05) is 29.6 Å². The van der Waals surface area contributed by atoms with Crippen molar-refractivity contribution in [2.45, 2.75) is 33.2 Å². The Hall–Kier alpha value is -3.18. The molecule has 0 aliphatic carbocycles. The molecule has 0 saturated carbocycles. The summed E-state index contributed by atoms with van der Waals surface area (Å²) in [6.07, 6.45) is 2.23. The van der Waals surface area contributed by atoms with Crippen LogP contribution >= 0.6 is 0 Å². The zero-order valence-corrected chi connectivity index (χ0v) is 18.8. The van der Waals surface area contributed by atoms with Gasteiger partial charge >= 0.3 is 0 Å². The molecule has 164 valence electrons. The van der Waals surface area contributed by atoms with Crippen LogP contribution in [-0.2, 0) is 6.54 Å². The lowest BCUT2D eigenvalue weighted by atomic mass is 9.96. The van der Waals surface area contributed by atoms with Crippen molar-refractivity contribution in [3.63, 3.8) is 0 Å². The second-order valence-electron chi connectivity index (χ2n) is 9.17. The van der Waals surface area contributed by atoms with Crippen LogP contribution in [0.25, 0.3) is 21.8 Å². The Balaban J connectivity index is 1.17. The molecular formula is C27H30N4O. The fourth-order valence-electron chi connectivity index (χ4n) is 4.63. The van der Waals surface area contributed by atoms with Gasteiger partial charge in [0.25, 0.3) is 5.91 Å². The number of pyridine rings is 1. The molecule has 1 amide bonds. The number of hydrogen-bond acceptors (Lipinski definition) is 3. The third-order valence-corrected chi connectivity index (χ3v) is 6.62. The van der Waals surface area contributed by atoms with E-state index in [1.807, 2.05) is 19.1 Å². The van der Waals surface area contributed by atoms with Crippen LogP contribution in [0.1, 0.15) is 40.2 Å². The Labute approximate surface area is 188 Å². The van der Waals surface area contributed by atoms with Crippen LogP contribution in [0.5, 0.6) is 0 Å². The number of rotatable bonds is 5. The molecule has 2 aromatic heterocycles. The van der Waals surface area contributed by atoms with Gasteiger partial charge in [0.15, 0.2) is 0 Å². The van der Waals surface area contributed by atoms with E-state index in [-0.39, 0.29) is 5.91 Å². The molecule has 2 N–H and O–H groups in total. The highest BCUT2D eigenvalue weighted by Gasteiger charge is 2.21. The average Bonchev–Trinajstić information content (AvgIpc) is 3.25. The number of nitrogens with zero attached hydrogens (tertiary/aromatic N) is 2. The van der Waals surface area contributed by atoms with Crippen LogP contribution < -0.4 is 5.32 Å². The summed E-state index contributed by atoms with van der Waals surface area (Å²) in [5.41, 5.74) is 6.10. The fourth-order valence-corrected chi connectivity index (χ4v) is 4.63. The van der Waals surface area contributed by atoms with Crippen LogP contribution in [0.2, 0.25) is 0 Å². The maximum Gasteiger partial charge on any atom is 0.269 e. The van der Waals surface area contributed by atoms with E-state index in [1.165, 1.54) is 11.1 Å². The van der Waals surface area contributed by atoms with Crippen molar-refractivity contribution in [2.24, 2.45) is 5.92 Å². The normalized spacial score (nSPS) is 15.4. The number of amides is 1. The molecule has 3 heterocycles. The number of hydrogen-bond donors (Lipinski definition) is 2. The Morgan fingerprint density at radius 1 is 1.03 bits per heavy atom. The SMILES string of the molecule is Cc1ccc(CN2CCC(CNC(=O)c3cc4ccc5ccc(C)[nH]c5c4n3)CC2)cc1. The Morgan fingerprint density at radius 3 is 2.53 bits per heavy atom. The molecule has 5 heteroatoms. The van der Waals surface area contributed by atoms with Crippen molar-refractivity contribution in [3.05, 3.63) is 77.1 Å². The Morgan fingerprint density at radius 2 is 1.75 bits per heavy atom. The summed E-state index contributed by atoms with van der Waals surface area (Å²) in [5, 5.41) is 5.23. The fraction of sp³-hybridized carbons (Fsp3) is 0.333. The Bertz CT molecular complexity index is 1250. The van der Waals surface area contributed by atoms with Crippen LogP contribution in [0, 0.1) is 19.8 Å². The number of aromatic nitrogens is 2. The second-order valence-corrected chi connectivity index (χ2v) is 9.17. The molecule has 0 radical (unpaired) electrons. The molecule has 0 atom stereocenters. The highest BCUT2D eigenvalue weighted by atomic mass is 16.1. The number of benzene rings is 2. The lowest BCUT2D eigenvalue weighted by Gasteiger charge is -2.32. The molecule has 2 aromatic carbocycles. The number of aryl methyl sites for hydroxylation is 2. The van der Waals surface area contributed by atoms with Gasteiger partial charge in [-0.25, -0.2) is 4.98 Å². The highest BCUT2D eigenvalue weighted by Crippen LogP contribution is 2.25. The van der Waals surface area contributed by atoms with E-state index in [0.717, 1.165) is 60.0 Å². The molecule has 1 aliphatic heterocycles. The summed E-state index contributed by atoms with van der Waals surface area (Å²) in [6.45, 7) is 8.03. The molecule has 0 bridgehead atoms. The Kier molecular flexibility index (Phi) is 5.66. The third kappa shape index (κ3) is 4.39. The van der Waals surface area contributed by atoms with Crippen molar-refractivity contribution in [1.82, 2.24) is 20.2 Å². The first-order valence-corrected chi connectivity index (χ1v) is 11.5. The smallest absolute Gasteiger partial charge is 0.269 e. The summed E-state index contributed by atoms with van der Waals surface area (Å²) in [7, 11) is 0. The van der Waals surface area contributed by atoms with Crippen molar-refractivity contribution in [1.29, 1.82) is 0 Å². The third-order valence-electron chi connectivity index (χ3n) is 6.62. The van der Waals surface area contributed by atoms with Crippen molar-refractivity contribution < 1.29 is 4.79 Å². The highest BCUT2D eigenvalue weighted by molar-refractivity contribution is 6.07. The zero-order chi connectivity index (χ0) is 22.1. The lowest BCUT2D eigenvalue weighted by molar-refractivity contribution is 0.0931. The van der Waals surface area contributed by atoms with Crippen molar-refractivity contribution >= 4 is 27.7 Å². The van der Waals surface area contributed by atoms with Gasteiger partial charge in [-0.05, 0) is 63.4 Å². The molecule has 1 fully saturated rings. The molecule has 0 spiro atoms. The zero-order valence-electron chi connectivity index (χ0n) is 18.8. The van der Waals surface area contributed by atoms with Gasteiger partial charge in [-0.2, -0.15) is 0 Å². The number of carbonyl (C=O) groups is 1. The van der Waals surface area contributed by atoms with E-state index in [0.29, 0.717) is 18.2 Å². The van der Waals surface area contributed by atoms with E-state index in [1.54, 1.807) is 0 Å². The molecule has 32 heavy (non-hydrogen) atoms. The standard InChI is InChI=1S/C27H30N4O/c1-18-3-6-21(7-4-18)17-31-13-11-20(12-14-31)16-28-27(32)24-15-23-10-9-22-8-5-19(2)29-25(22)26(23)30-24/h3-10,15,20,29H,11-14,16-17H2,1-2H3,(H,28,32). The quantitative estimate of drug-likeness (QED) is 0.473. The average molecular weight is 427 g/mol. The van der Waals surface area contributed by atoms with Crippen molar-refractivity contribution in [2.75, 3.05) is 19.6 Å². The summed E-state index contributed by atoms with van der Waals surface area (Å²) >= 11 is 0. The monoisotopic (exact) mass is 426 g/mol. The minimum Gasteiger partial charge on any atom is -0.357 e. The number of fused-ring (bicyclic) bond motifs is 3. The van der Waals surface area contributed by atoms with E-state index < -0.39 is 0 Å². The first kappa shape index (κ1) is 20.7. The minimum absolute atomic E-state index is 0.0795. The molecular weight excluding hydrogens is 396 g/mol. The topological polar surface area (TPSA) is 61.0 Å². The summed E-state index contributed by atoms with van der Waals surface area (Å²) in [6, 6.07) is 18.9. The predicted molar refractivity (Wildman–Crippen MR) is 130 cm³/mol. The molecule has 4 aromatic rings.